The largest absolute Gasteiger partial charge is 0.496 e. The van der Waals surface area contributed by atoms with Gasteiger partial charge in [-0.05, 0) is 33.8 Å². The second kappa shape index (κ2) is 10.0. The van der Waals surface area contributed by atoms with E-state index in [1.807, 2.05) is 27.9 Å². The molecule has 2 unspecified atom stereocenters. The number of Topliss-reactive ketones (excluding diaryl/α,β-unsaturated/α-hetero) is 1. The smallest absolute Gasteiger partial charge is 0.347 e. The number of carbonyl (C=O) groups is 2. The average molecular weight is 419 g/mol. The van der Waals surface area contributed by atoms with E-state index in [2.05, 4.69) is 6.58 Å². The average Bonchev–Trinajstić information content (AvgIpc) is 2.72. The van der Waals surface area contributed by atoms with E-state index in [0.29, 0.717) is 13.2 Å². The molecule has 1 aliphatic heterocycles. The Bertz CT molecular complexity index is 750. The van der Waals surface area contributed by atoms with Crippen LogP contribution in [0, 0.1) is 5.41 Å². The molecule has 2 atom stereocenters. The van der Waals surface area contributed by atoms with Crippen molar-refractivity contribution in [3.05, 3.63) is 61.4 Å². The summed E-state index contributed by atoms with van der Waals surface area (Å²) in [5.74, 6) is -1.18. The third-order valence-electron chi connectivity index (χ3n) is 5.57. The molecule has 0 radical (unpaired) electrons. The standard InChI is InChI=1S/C24H36NO5/c1-8-13-22(14-9-2)20(26)19-23(28,15-10-3)21(27)30-24(22,16-11-4)25(6,7)17-18-29-12-5/h8-16,28H,5,17-19H2,1-4,6-7H3/q+1. The maximum Gasteiger partial charge on any atom is 0.347 e. The van der Waals surface area contributed by atoms with Gasteiger partial charge in [-0.15, -0.1) is 0 Å². The van der Waals surface area contributed by atoms with Crippen molar-refractivity contribution in [1.82, 2.24) is 0 Å². The molecular weight excluding hydrogens is 382 g/mol. The molecule has 1 N–H and O–H groups in total. The highest BCUT2D eigenvalue weighted by molar-refractivity contribution is 5.98. The maximum absolute atomic E-state index is 13.8. The van der Waals surface area contributed by atoms with Gasteiger partial charge in [0.05, 0.1) is 26.8 Å². The monoisotopic (exact) mass is 418 g/mol. The molecule has 166 valence electrons. The first-order valence-electron chi connectivity index (χ1n) is 10.2. The number of quaternary nitrogens is 1. The van der Waals surface area contributed by atoms with Gasteiger partial charge in [0.15, 0.2) is 16.8 Å². The maximum atomic E-state index is 13.8. The normalized spacial score (nSPS) is 31.0. The summed E-state index contributed by atoms with van der Waals surface area (Å²) in [4.78, 5) is 27.0. The van der Waals surface area contributed by atoms with Gasteiger partial charge in [-0.1, -0.05) is 43.0 Å². The lowest BCUT2D eigenvalue weighted by Gasteiger charge is -2.52. The zero-order valence-electron chi connectivity index (χ0n) is 19.1. The Morgan fingerprint density at radius 1 is 1.03 bits per heavy atom. The van der Waals surface area contributed by atoms with Crippen molar-refractivity contribution >= 4 is 11.8 Å². The molecule has 0 spiro atoms. The molecule has 0 aromatic rings. The second-order valence-corrected chi connectivity index (χ2v) is 7.93. The van der Waals surface area contributed by atoms with Crippen LogP contribution >= 0.6 is 0 Å². The third-order valence-corrected chi connectivity index (χ3v) is 5.57. The number of allylic oxidation sites excluding steroid dienone is 4. The molecule has 6 heteroatoms. The van der Waals surface area contributed by atoms with Crippen LogP contribution in [0.4, 0.5) is 0 Å². The predicted molar refractivity (Wildman–Crippen MR) is 118 cm³/mol. The van der Waals surface area contributed by atoms with Crippen molar-refractivity contribution in [2.24, 2.45) is 5.41 Å². The number of carbonyl (C=O) groups excluding carboxylic acids is 2. The molecule has 0 aliphatic carbocycles. The lowest BCUT2D eigenvalue weighted by atomic mass is 9.69. The summed E-state index contributed by atoms with van der Waals surface area (Å²) in [6.07, 6.45) is 14.3. The number of esters is 1. The van der Waals surface area contributed by atoms with Crippen molar-refractivity contribution in [2.45, 2.75) is 45.4 Å². The molecule has 0 bridgehead atoms. The molecule has 1 saturated heterocycles. The van der Waals surface area contributed by atoms with Crippen molar-refractivity contribution in [1.29, 1.82) is 0 Å². The Morgan fingerprint density at radius 3 is 2.03 bits per heavy atom. The zero-order chi connectivity index (χ0) is 23.1. The summed E-state index contributed by atoms with van der Waals surface area (Å²) in [5, 5.41) is 11.0. The number of rotatable bonds is 9. The topological polar surface area (TPSA) is 72.8 Å². The summed E-state index contributed by atoms with van der Waals surface area (Å²) in [6.45, 7) is 11.4. The first kappa shape index (κ1) is 25.6. The fourth-order valence-electron chi connectivity index (χ4n) is 4.14. The minimum atomic E-state index is -2.04. The Hall–Kier alpha value is -2.44. The first-order valence-corrected chi connectivity index (χ1v) is 10.2. The molecule has 0 saturated carbocycles. The molecule has 6 nitrogen and oxygen atoms in total. The van der Waals surface area contributed by atoms with Gasteiger partial charge in [-0.2, -0.15) is 0 Å². The number of aliphatic hydroxyl groups is 1. The molecule has 0 aromatic heterocycles. The van der Waals surface area contributed by atoms with E-state index in [0.717, 1.165) is 0 Å². The fourth-order valence-corrected chi connectivity index (χ4v) is 4.14. The van der Waals surface area contributed by atoms with Crippen LogP contribution < -0.4 is 0 Å². The highest BCUT2D eigenvalue weighted by Crippen LogP contribution is 2.49. The predicted octanol–water partition coefficient (Wildman–Crippen LogP) is 3.46. The molecular formula is C24H36NO5+. The van der Waals surface area contributed by atoms with Crippen LogP contribution in [-0.4, -0.2) is 59.9 Å². The molecule has 1 rings (SSSR count). The van der Waals surface area contributed by atoms with Crippen LogP contribution in [0.1, 0.15) is 34.1 Å². The quantitative estimate of drug-likeness (QED) is 0.204. The van der Waals surface area contributed by atoms with Crippen LogP contribution in [0.5, 0.6) is 0 Å². The van der Waals surface area contributed by atoms with Gasteiger partial charge in [0.25, 0.3) is 5.72 Å². The molecule has 0 amide bonds. The second-order valence-electron chi connectivity index (χ2n) is 7.93. The van der Waals surface area contributed by atoms with E-state index in [1.165, 1.54) is 12.3 Å². The Balaban J connectivity index is 3.98. The Morgan fingerprint density at radius 2 is 1.57 bits per heavy atom. The van der Waals surface area contributed by atoms with Crippen LogP contribution in [0.25, 0.3) is 0 Å². The van der Waals surface area contributed by atoms with E-state index < -0.39 is 29.1 Å². The number of hydrogen-bond acceptors (Lipinski definition) is 5. The minimum Gasteiger partial charge on any atom is -0.496 e. The van der Waals surface area contributed by atoms with Gasteiger partial charge >= 0.3 is 5.97 Å². The lowest BCUT2D eigenvalue weighted by Crippen LogP contribution is -2.70. The number of likely N-dealkylation sites (N-methyl/N-ethyl adjacent to an activating group) is 1. The number of nitrogens with zero attached hydrogens (tertiary/aromatic N) is 1. The summed E-state index contributed by atoms with van der Waals surface area (Å²) in [5.41, 5.74) is -4.82. The van der Waals surface area contributed by atoms with Crippen LogP contribution in [-0.2, 0) is 19.1 Å². The molecule has 1 fully saturated rings. The van der Waals surface area contributed by atoms with E-state index in [-0.39, 0.29) is 10.3 Å². The van der Waals surface area contributed by atoms with Crippen LogP contribution in [0.15, 0.2) is 61.4 Å². The molecule has 1 aliphatic rings. The van der Waals surface area contributed by atoms with Gasteiger partial charge in [0.2, 0.25) is 0 Å². The Labute approximate surface area is 180 Å². The Kier molecular flexibility index (Phi) is 8.57. The van der Waals surface area contributed by atoms with Crippen molar-refractivity contribution in [2.75, 3.05) is 27.2 Å². The summed E-state index contributed by atoms with van der Waals surface area (Å²) < 4.78 is 11.6. The van der Waals surface area contributed by atoms with Crippen molar-refractivity contribution < 1.29 is 28.7 Å². The van der Waals surface area contributed by atoms with Gasteiger partial charge in [0.1, 0.15) is 13.2 Å². The van der Waals surface area contributed by atoms with Crippen molar-refractivity contribution in [3.8, 4) is 0 Å². The SMILES string of the molecule is C=COCC[N+](C)(C)C1(C=CC)OC(=O)C(O)(C=CC)CC(=O)C1(C=CC)C=CC. The lowest BCUT2D eigenvalue weighted by molar-refractivity contribution is -0.962. The highest BCUT2D eigenvalue weighted by Gasteiger charge is 2.68. The first-order chi connectivity index (χ1) is 14.1. The van der Waals surface area contributed by atoms with Gasteiger partial charge in [-0.25, -0.2) is 4.79 Å². The number of ketones is 1. The summed E-state index contributed by atoms with van der Waals surface area (Å²) >= 11 is 0. The van der Waals surface area contributed by atoms with Crippen molar-refractivity contribution in [3.63, 3.8) is 0 Å². The van der Waals surface area contributed by atoms with E-state index in [1.54, 1.807) is 56.4 Å². The molecule has 30 heavy (non-hydrogen) atoms. The van der Waals surface area contributed by atoms with Crippen LogP contribution in [0.2, 0.25) is 0 Å². The van der Waals surface area contributed by atoms with E-state index in [4.69, 9.17) is 9.47 Å². The number of cyclic esters (lactones) is 1. The fraction of sp³-hybridized carbons (Fsp3) is 0.500. The van der Waals surface area contributed by atoms with Gasteiger partial charge in [-0.3, -0.25) is 9.28 Å². The number of ether oxygens (including phenoxy) is 2. The molecule has 0 aromatic carbocycles. The molecule has 1 heterocycles. The summed E-state index contributed by atoms with van der Waals surface area (Å²) in [7, 11) is 3.74. The number of hydrogen-bond donors (Lipinski definition) is 1. The van der Waals surface area contributed by atoms with E-state index in [9.17, 15) is 14.7 Å². The van der Waals surface area contributed by atoms with Crippen LogP contribution in [0.3, 0.4) is 0 Å². The third kappa shape index (κ3) is 4.35. The van der Waals surface area contributed by atoms with Gasteiger partial charge in [0, 0.05) is 6.08 Å². The zero-order valence-corrected chi connectivity index (χ0v) is 19.1. The van der Waals surface area contributed by atoms with E-state index >= 15 is 0 Å². The summed E-state index contributed by atoms with van der Waals surface area (Å²) in [6, 6.07) is 0. The van der Waals surface area contributed by atoms with Gasteiger partial charge < -0.3 is 14.6 Å². The minimum absolute atomic E-state index is 0.0866. The highest BCUT2D eigenvalue weighted by atomic mass is 16.6.